The van der Waals surface area contributed by atoms with Gasteiger partial charge in [0.05, 0.1) is 0 Å². The van der Waals surface area contributed by atoms with Gasteiger partial charge in [-0.05, 0) is 81.8 Å². The Morgan fingerprint density at radius 1 is 1.05 bits per heavy atom. The summed E-state index contributed by atoms with van der Waals surface area (Å²) in [6.45, 7) is 13.7. The maximum atomic E-state index is 3.61. The lowest BCUT2D eigenvalue weighted by molar-refractivity contribution is 0.0903. The molecule has 1 N–H and O–H groups in total. The second-order valence-electron chi connectivity index (χ2n) is 8.87. The van der Waals surface area contributed by atoms with Crippen LogP contribution in [0.3, 0.4) is 0 Å². The smallest absolute Gasteiger partial charge is 0.0105 e. The molecule has 0 aromatic heterocycles. The van der Waals surface area contributed by atoms with E-state index in [2.05, 4.69) is 45.0 Å². The Hall–Kier alpha value is -0.0800. The first-order valence-corrected chi connectivity index (χ1v) is 9.29. The fourth-order valence-corrected chi connectivity index (χ4v) is 4.47. The Kier molecular flexibility index (Phi) is 6.14. The Morgan fingerprint density at radius 2 is 1.81 bits per heavy atom. The zero-order chi connectivity index (χ0) is 15.5. The van der Waals surface area contributed by atoms with E-state index >= 15 is 0 Å². The number of hydrogen-bond donors (Lipinski definition) is 1. The van der Waals surface area contributed by atoms with Gasteiger partial charge in [-0.3, -0.25) is 0 Å². The van der Waals surface area contributed by atoms with E-state index in [0.29, 0.717) is 5.41 Å². The lowest BCUT2D eigenvalue weighted by Crippen LogP contribution is -2.46. The molecule has 0 spiro atoms. The minimum absolute atomic E-state index is 0.476. The van der Waals surface area contributed by atoms with Gasteiger partial charge >= 0.3 is 0 Å². The van der Waals surface area contributed by atoms with Crippen molar-refractivity contribution in [3.05, 3.63) is 0 Å². The van der Waals surface area contributed by atoms with Gasteiger partial charge in [-0.1, -0.05) is 27.7 Å². The average molecular weight is 295 g/mol. The maximum absolute atomic E-state index is 3.61. The monoisotopic (exact) mass is 294 g/mol. The molecule has 1 aliphatic heterocycles. The molecule has 0 aromatic carbocycles. The highest BCUT2D eigenvalue weighted by atomic mass is 15.1. The second-order valence-corrected chi connectivity index (χ2v) is 8.87. The summed E-state index contributed by atoms with van der Waals surface area (Å²) in [5.41, 5.74) is 0.476. The molecule has 2 heteroatoms. The zero-order valence-corrected chi connectivity index (χ0v) is 15.1. The Balaban J connectivity index is 1.94. The molecule has 1 aliphatic carbocycles. The van der Waals surface area contributed by atoms with Gasteiger partial charge in [-0.2, -0.15) is 0 Å². The number of rotatable bonds is 3. The molecule has 1 saturated heterocycles. The maximum Gasteiger partial charge on any atom is 0.0105 e. The average Bonchev–Trinajstić information content (AvgIpc) is 2.63. The molecule has 21 heavy (non-hydrogen) atoms. The highest BCUT2D eigenvalue weighted by Gasteiger charge is 2.36. The molecular formula is C19H38N2. The lowest BCUT2D eigenvalue weighted by atomic mass is 9.67. The van der Waals surface area contributed by atoms with E-state index in [4.69, 9.17) is 0 Å². The zero-order valence-electron chi connectivity index (χ0n) is 15.1. The van der Waals surface area contributed by atoms with E-state index in [1.807, 2.05) is 0 Å². The number of likely N-dealkylation sites (tertiary alicyclic amines) is 1. The standard InChI is InChI=1S/C19H38N2/c1-15-7-6-11-21(12-10-15)14-16-13-17(19(2,3)4)8-9-18(16)20-5/h15-18,20H,6-14H2,1-5H3. The summed E-state index contributed by atoms with van der Waals surface area (Å²) in [4.78, 5) is 2.77. The third-order valence-corrected chi connectivity index (χ3v) is 6.18. The van der Waals surface area contributed by atoms with Gasteiger partial charge < -0.3 is 10.2 Å². The third-order valence-electron chi connectivity index (χ3n) is 6.18. The van der Waals surface area contributed by atoms with E-state index in [1.165, 1.54) is 58.2 Å². The van der Waals surface area contributed by atoms with Gasteiger partial charge in [0.15, 0.2) is 0 Å². The number of nitrogens with zero attached hydrogens (tertiary/aromatic N) is 1. The van der Waals surface area contributed by atoms with Crippen LogP contribution in [0.1, 0.15) is 66.2 Å². The first kappa shape index (κ1) is 17.3. The van der Waals surface area contributed by atoms with Gasteiger partial charge in [0, 0.05) is 12.6 Å². The number of nitrogens with one attached hydrogen (secondary N) is 1. The fourth-order valence-electron chi connectivity index (χ4n) is 4.47. The molecule has 2 aliphatic rings. The second kappa shape index (κ2) is 7.46. The van der Waals surface area contributed by atoms with Crippen LogP contribution in [0.15, 0.2) is 0 Å². The summed E-state index contributed by atoms with van der Waals surface area (Å²) in [6.07, 6.45) is 8.43. The van der Waals surface area contributed by atoms with Gasteiger partial charge in [-0.15, -0.1) is 0 Å². The van der Waals surface area contributed by atoms with Crippen molar-refractivity contribution >= 4 is 0 Å². The molecule has 2 nitrogen and oxygen atoms in total. The van der Waals surface area contributed by atoms with Crippen molar-refractivity contribution in [2.24, 2.45) is 23.2 Å². The molecule has 1 heterocycles. The Labute approximate surface area is 133 Å². The SMILES string of the molecule is CNC1CCC(C(C)(C)C)CC1CN1CCCC(C)CC1. The van der Waals surface area contributed by atoms with Crippen molar-refractivity contribution in [2.45, 2.75) is 72.3 Å². The molecule has 2 rings (SSSR count). The molecule has 4 unspecified atom stereocenters. The van der Waals surface area contributed by atoms with Crippen LogP contribution in [-0.2, 0) is 0 Å². The highest BCUT2D eigenvalue weighted by Crippen LogP contribution is 2.40. The van der Waals surface area contributed by atoms with Crippen LogP contribution in [0.2, 0.25) is 0 Å². The predicted molar refractivity (Wildman–Crippen MR) is 92.6 cm³/mol. The molecule has 0 aromatic rings. The van der Waals surface area contributed by atoms with Gasteiger partial charge in [0.25, 0.3) is 0 Å². The fraction of sp³-hybridized carbons (Fsp3) is 1.00. The van der Waals surface area contributed by atoms with Crippen LogP contribution in [0.5, 0.6) is 0 Å². The quantitative estimate of drug-likeness (QED) is 0.841. The molecule has 0 amide bonds. The lowest BCUT2D eigenvalue weighted by Gasteiger charge is -2.43. The van der Waals surface area contributed by atoms with Crippen LogP contribution >= 0.6 is 0 Å². The molecule has 2 fully saturated rings. The first-order valence-electron chi connectivity index (χ1n) is 9.29. The highest BCUT2D eigenvalue weighted by molar-refractivity contribution is 4.90. The summed E-state index contributed by atoms with van der Waals surface area (Å²) in [6, 6.07) is 0.740. The molecular weight excluding hydrogens is 256 g/mol. The van der Waals surface area contributed by atoms with Gasteiger partial charge in [0.1, 0.15) is 0 Å². The van der Waals surface area contributed by atoms with E-state index in [0.717, 1.165) is 23.8 Å². The van der Waals surface area contributed by atoms with Crippen LogP contribution in [0.4, 0.5) is 0 Å². The van der Waals surface area contributed by atoms with Crippen LogP contribution in [-0.4, -0.2) is 37.6 Å². The minimum Gasteiger partial charge on any atom is -0.317 e. The van der Waals surface area contributed by atoms with Crippen molar-refractivity contribution in [2.75, 3.05) is 26.7 Å². The van der Waals surface area contributed by atoms with Gasteiger partial charge in [-0.25, -0.2) is 0 Å². The van der Waals surface area contributed by atoms with E-state index in [-0.39, 0.29) is 0 Å². The minimum atomic E-state index is 0.476. The Bertz CT molecular complexity index is 307. The van der Waals surface area contributed by atoms with Crippen molar-refractivity contribution in [3.8, 4) is 0 Å². The van der Waals surface area contributed by atoms with Crippen LogP contribution < -0.4 is 5.32 Å². The summed E-state index contributed by atoms with van der Waals surface area (Å²) in [5, 5.41) is 3.61. The summed E-state index contributed by atoms with van der Waals surface area (Å²) in [5.74, 6) is 2.68. The molecule has 1 saturated carbocycles. The first-order chi connectivity index (χ1) is 9.90. The molecule has 124 valence electrons. The normalized spacial score (nSPS) is 36.4. The van der Waals surface area contributed by atoms with Crippen molar-refractivity contribution in [1.29, 1.82) is 0 Å². The largest absolute Gasteiger partial charge is 0.317 e. The molecule has 0 radical (unpaired) electrons. The van der Waals surface area contributed by atoms with E-state index in [1.54, 1.807) is 0 Å². The predicted octanol–water partition coefficient (Wildman–Crippen LogP) is 4.16. The van der Waals surface area contributed by atoms with Crippen LogP contribution in [0.25, 0.3) is 0 Å². The van der Waals surface area contributed by atoms with Crippen LogP contribution in [0, 0.1) is 23.2 Å². The van der Waals surface area contributed by atoms with Crippen molar-refractivity contribution in [3.63, 3.8) is 0 Å². The van der Waals surface area contributed by atoms with Crippen molar-refractivity contribution < 1.29 is 0 Å². The summed E-state index contributed by atoms with van der Waals surface area (Å²) in [7, 11) is 2.17. The van der Waals surface area contributed by atoms with Crippen molar-refractivity contribution in [1.82, 2.24) is 10.2 Å². The summed E-state index contributed by atoms with van der Waals surface area (Å²) < 4.78 is 0. The van der Waals surface area contributed by atoms with Gasteiger partial charge in [0.2, 0.25) is 0 Å². The van der Waals surface area contributed by atoms with E-state index < -0.39 is 0 Å². The number of hydrogen-bond acceptors (Lipinski definition) is 2. The third kappa shape index (κ3) is 4.96. The molecule has 0 bridgehead atoms. The Morgan fingerprint density at radius 3 is 2.48 bits per heavy atom. The summed E-state index contributed by atoms with van der Waals surface area (Å²) >= 11 is 0. The topological polar surface area (TPSA) is 15.3 Å². The van der Waals surface area contributed by atoms with E-state index in [9.17, 15) is 0 Å². The molecule has 4 atom stereocenters.